The molecular weight excluding hydrogens is 297 g/mol. The third-order valence-electron chi connectivity index (χ3n) is 5.09. The van der Waals surface area contributed by atoms with Gasteiger partial charge in [0.15, 0.2) is 0 Å². The smallest absolute Gasteiger partial charge is 0.131 e. The molecule has 1 aromatic carbocycles. The second kappa shape index (κ2) is 9.66. The van der Waals surface area contributed by atoms with Crippen LogP contribution in [0.1, 0.15) is 76.5 Å². The van der Waals surface area contributed by atoms with E-state index in [1.807, 2.05) is 13.0 Å². The maximum absolute atomic E-state index is 14.7. The standard InChI is InChI=1S/C22H34FN/c1-8-10-11-19(9-2)12-15(3)17(5)22-16(4)13-20(14-21(22)23)18(6)24-7/h13-14,19,24H,6,8-12H2,1-5,7H3/b17-15-. The lowest BCUT2D eigenvalue weighted by Gasteiger charge is -2.19. The number of nitrogens with one attached hydrogen (secondary N) is 1. The molecule has 0 aliphatic rings. The van der Waals surface area contributed by atoms with Crippen LogP contribution in [0.5, 0.6) is 0 Å². The summed E-state index contributed by atoms with van der Waals surface area (Å²) >= 11 is 0. The van der Waals surface area contributed by atoms with Crippen LogP contribution in [0, 0.1) is 18.7 Å². The Bertz CT molecular complexity index is 575. The molecule has 2 heteroatoms. The summed E-state index contributed by atoms with van der Waals surface area (Å²) < 4.78 is 14.7. The molecule has 1 nitrogen and oxygen atoms in total. The van der Waals surface area contributed by atoms with Crippen LogP contribution in [0.3, 0.4) is 0 Å². The average Bonchev–Trinajstić information content (AvgIpc) is 2.56. The van der Waals surface area contributed by atoms with Gasteiger partial charge < -0.3 is 5.32 Å². The minimum Gasteiger partial charge on any atom is -0.388 e. The molecule has 24 heavy (non-hydrogen) atoms. The van der Waals surface area contributed by atoms with Crippen LogP contribution in [0.25, 0.3) is 11.3 Å². The van der Waals surface area contributed by atoms with E-state index in [0.717, 1.165) is 34.4 Å². The van der Waals surface area contributed by atoms with E-state index < -0.39 is 0 Å². The number of allylic oxidation sites excluding steroid dienone is 2. The third kappa shape index (κ3) is 5.22. The van der Waals surface area contributed by atoms with Crippen LogP contribution in [-0.2, 0) is 0 Å². The van der Waals surface area contributed by atoms with Gasteiger partial charge in [-0.05, 0) is 56.4 Å². The predicted molar refractivity (Wildman–Crippen MR) is 105 cm³/mol. The summed E-state index contributed by atoms with van der Waals surface area (Å²) in [6.07, 6.45) is 6.03. The van der Waals surface area contributed by atoms with Crippen LogP contribution in [0.4, 0.5) is 4.39 Å². The zero-order chi connectivity index (χ0) is 18.3. The van der Waals surface area contributed by atoms with Crippen LogP contribution in [0.2, 0.25) is 0 Å². The van der Waals surface area contributed by atoms with Gasteiger partial charge in [-0.2, -0.15) is 0 Å². The molecule has 134 valence electrons. The molecule has 0 fully saturated rings. The summed E-state index contributed by atoms with van der Waals surface area (Å²) in [7, 11) is 1.81. The van der Waals surface area contributed by atoms with E-state index in [4.69, 9.17) is 0 Å². The zero-order valence-electron chi connectivity index (χ0n) is 16.4. The van der Waals surface area contributed by atoms with Crippen molar-refractivity contribution in [2.24, 2.45) is 5.92 Å². The van der Waals surface area contributed by atoms with E-state index in [0.29, 0.717) is 5.92 Å². The molecular formula is C22H34FN. The Labute approximate surface area is 148 Å². The number of aryl methyl sites for hydroxylation is 1. The zero-order valence-corrected chi connectivity index (χ0v) is 16.4. The molecule has 1 atom stereocenters. The maximum atomic E-state index is 14.7. The Balaban J connectivity index is 3.12. The predicted octanol–water partition coefficient (Wildman–Crippen LogP) is 6.72. The highest BCUT2D eigenvalue weighted by Gasteiger charge is 2.15. The van der Waals surface area contributed by atoms with Gasteiger partial charge in [-0.25, -0.2) is 4.39 Å². The molecule has 0 heterocycles. The minimum atomic E-state index is -0.153. The first-order valence-corrected chi connectivity index (χ1v) is 9.19. The van der Waals surface area contributed by atoms with Gasteiger partial charge in [0.25, 0.3) is 0 Å². The van der Waals surface area contributed by atoms with Gasteiger partial charge >= 0.3 is 0 Å². The molecule has 0 aliphatic heterocycles. The van der Waals surface area contributed by atoms with Crippen molar-refractivity contribution in [2.45, 2.75) is 66.7 Å². The summed E-state index contributed by atoms with van der Waals surface area (Å²) in [5.41, 5.74) is 5.68. The SMILES string of the molecule is C=C(NC)c1cc(C)c(/C(C)=C(/C)CC(CC)CCCC)c(F)c1. The highest BCUT2D eigenvalue weighted by atomic mass is 19.1. The van der Waals surface area contributed by atoms with Crippen LogP contribution < -0.4 is 5.32 Å². The highest BCUT2D eigenvalue weighted by molar-refractivity contribution is 5.73. The quantitative estimate of drug-likeness (QED) is 0.529. The first-order chi connectivity index (χ1) is 11.3. The van der Waals surface area contributed by atoms with Crippen molar-refractivity contribution < 1.29 is 4.39 Å². The first-order valence-electron chi connectivity index (χ1n) is 9.19. The second-order valence-corrected chi connectivity index (χ2v) is 6.90. The lowest BCUT2D eigenvalue weighted by atomic mass is 9.88. The molecule has 0 amide bonds. The van der Waals surface area contributed by atoms with Crippen molar-refractivity contribution in [1.29, 1.82) is 0 Å². The van der Waals surface area contributed by atoms with Crippen molar-refractivity contribution in [1.82, 2.24) is 5.32 Å². The summed E-state index contributed by atoms with van der Waals surface area (Å²) in [4.78, 5) is 0. The Morgan fingerprint density at radius 3 is 2.42 bits per heavy atom. The Hall–Kier alpha value is -1.57. The maximum Gasteiger partial charge on any atom is 0.131 e. The number of benzene rings is 1. The Kier molecular flexibility index (Phi) is 8.24. The van der Waals surface area contributed by atoms with E-state index in [-0.39, 0.29) is 5.82 Å². The fourth-order valence-corrected chi connectivity index (χ4v) is 3.28. The molecule has 1 unspecified atom stereocenters. The van der Waals surface area contributed by atoms with Gasteiger partial charge in [0.05, 0.1) is 0 Å². The molecule has 0 saturated carbocycles. The number of halogens is 1. The van der Waals surface area contributed by atoms with Crippen molar-refractivity contribution in [2.75, 3.05) is 7.05 Å². The van der Waals surface area contributed by atoms with Gasteiger partial charge in [0, 0.05) is 23.9 Å². The fourth-order valence-electron chi connectivity index (χ4n) is 3.28. The van der Waals surface area contributed by atoms with Gasteiger partial charge in [-0.1, -0.05) is 51.7 Å². The van der Waals surface area contributed by atoms with E-state index in [9.17, 15) is 4.39 Å². The van der Waals surface area contributed by atoms with Crippen molar-refractivity contribution in [3.05, 3.63) is 46.8 Å². The monoisotopic (exact) mass is 331 g/mol. The van der Waals surface area contributed by atoms with Crippen molar-refractivity contribution in [3.63, 3.8) is 0 Å². The number of hydrogen-bond donors (Lipinski definition) is 1. The van der Waals surface area contributed by atoms with E-state index in [1.54, 1.807) is 13.1 Å². The number of hydrogen-bond acceptors (Lipinski definition) is 1. The fraction of sp³-hybridized carbons (Fsp3) is 0.545. The molecule has 1 aromatic rings. The second-order valence-electron chi connectivity index (χ2n) is 6.90. The lowest BCUT2D eigenvalue weighted by molar-refractivity contribution is 0.448. The van der Waals surface area contributed by atoms with E-state index >= 15 is 0 Å². The van der Waals surface area contributed by atoms with Crippen molar-refractivity contribution in [3.8, 4) is 0 Å². The lowest BCUT2D eigenvalue weighted by Crippen LogP contribution is -2.06. The summed E-state index contributed by atoms with van der Waals surface area (Å²) in [6.45, 7) is 14.6. The summed E-state index contributed by atoms with van der Waals surface area (Å²) in [5, 5.41) is 2.99. The molecule has 0 aromatic heterocycles. The molecule has 0 spiro atoms. The van der Waals surface area contributed by atoms with Gasteiger partial charge in [-0.3, -0.25) is 0 Å². The molecule has 0 aliphatic carbocycles. The van der Waals surface area contributed by atoms with Crippen LogP contribution in [-0.4, -0.2) is 7.05 Å². The number of rotatable bonds is 9. The topological polar surface area (TPSA) is 12.0 Å². The van der Waals surface area contributed by atoms with Gasteiger partial charge in [0.1, 0.15) is 5.82 Å². The molecule has 0 radical (unpaired) electrons. The normalized spacial score (nSPS) is 13.5. The van der Waals surface area contributed by atoms with Crippen LogP contribution >= 0.6 is 0 Å². The van der Waals surface area contributed by atoms with E-state index in [2.05, 4.69) is 39.6 Å². The average molecular weight is 332 g/mol. The first kappa shape index (κ1) is 20.5. The van der Waals surface area contributed by atoms with Crippen molar-refractivity contribution >= 4 is 11.3 Å². The summed E-state index contributed by atoms with van der Waals surface area (Å²) in [6, 6.07) is 3.61. The van der Waals surface area contributed by atoms with Gasteiger partial charge in [-0.15, -0.1) is 0 Å². The Morgan fingerprint density at radius 2 is 1.92 bits per heavy atom. The molecule has 1 N–H and O–H groups in total. The minimum absolute atomic E-state index is 0.153. The van der Waals surface area contributed by atoms with Crippen LogP contribution in [0.15, 0.2) is 24.3 Å². The molecule has 1 rings (SSSR count). The van der Waals surface area contributed by atoms with Gasteiger partial charge in [0.2, 0.25) is 0 Å². The molecule has 0 bridgehead atoms. The summed E-state index contributed by atoms with van der Waals surface area (Å²) in [5.74, 6) is 0.548. The Morgan fingerprint density at radius 1 is 1.25 bits per heavy atom. The third-order valence-corrected chi connectivity index (χ3v) is 5.09. The largest absolute Gasteiger partial charge is 0.388 e. The van der Waals surface area contributed by atoms with E-state index in [1.165, 1.54) is 31.3 Å². The number of unbranched alkanes of at least 4 members (excludes halogenated alkanes) is 1. The molecule has 0 saturated heterocycles. The highest BCUT2D eigenvalue weighted by Crippen LogP contribution is 2.31.